The van der Waals surface area contributed by atoms with Gasteiger partial charge >= 0.3 is 12.1 Å². The molecule has 2 heterocycles. The number of esters is 1. The summed E-state index contributed by atoms with van der Waals surface area (Å²) in [6.07, 6.45) is 0.489. The summed E-state index contributed by atoms with van der Waals surface area (Å²) in [6.45, 7) is 2.23. The Labute approximate surface area is 236 Å². The molecule has 2 aromatic carbocycles. The fourth-order valence-electron chi connectivity index (χ4n) is 7.94. The first-order valence-corrected chi connectivity index (χ1v) is 13.8. The minimum atomic E-state index is -4.42. The molecular weight excluding hydrogens is 537 g/mol. The van der Waals surface area contributed by atoms with Crippen molar-refractivity contribution in [1.29, 1.82) is 0 Å². The fraction of sp³-hybridized carbons (Fsp3) is 0.484. The van der Waals surface area contributed by atoms with Gasteiger partial charge in [-0.05, 0) is 74.7 Å². The minimum Gasteiger partial charge on any atom is -0.493 e. The Balaban J connectivity index is 1.37. The standard InChI is InChI=1S/C31H33F3N2O5/c1-18(37)41-30-14-13-22(36(3)25(38)12-7-19-5-9-21(10-6-19)31(32,33)34)28-29(30)15-16-35(2)24(30)17-20-8-11-23(39-4)27(40-28)26(20)29/h5-12,22,24,28H,13-17H2,1-4H3/t22-,24-,28+,29+,30-/m1/s1. The van der Waals surface area contributed by atoms with E-state index in [0.717, 1.165) is 29.8 Å². The maximum atomic E-state index is 13.5. The smallest absolute Gasteiger partial charge is 0.416 e. The molecule has 41 heavy (non-hydrogen) atoms. The Bertz CT molecular complexity index is 1420. The topological polar surface area (TPSA) is 68.3 Å². The van der Waals surface area contributed by atoms with Gasteiger partial charge in [0.05, 0.1) is 30.2 Å². The van der Waals surface area contributed by atoms with E-state index in [1.54, 1.807) is 19.1 Å². The van der Waals surface area contributed by atoms with Crippen LogP contribution in [0.3, 0.4) is 0 Å². The second-order valence-corrected chi connectivity index (χ2v) is 11.6. The Morgan fingerprint density at radius 1 is 1.15 bits per heavy atom. The lowest BCUT2D eigenvalue weighted by molar-refractivity contribution is -0.220. The zero-order valence-electron chi connectivity index (χ0n) is 23.5. The first-order chi connectivity index (χ1) is 19.4. The van der Waals surface area contributed by atoms with Gasteiger partial charge in [-0.25, -0.2) is 0 Å². The van der Waals surface area contributed by atoms with E-state index in [1.807, 2.05) is 6.07 Å². The van der Waals surface area contributed by atoms with Crippen molar-refractivity contribution in [2.45, 2.75) is 68.0 Å². The highest BCUT2D eigenvalue weighted by Crippen LogP contribution is 2.67. The number of rotatable bonds is 5. The van der Waals surface area contributed by atoms with E-state index < -0.39 is 28.9 Å². The van der Waals surface area contributed by atoms with Crippen molar-refractivity contribution in [2.75, 3.05) is 27.7 Å². The summed E-state index contributed by atoms with van der Waals surface area (Å²) in [7, 11) is 5.39. The third kappa shape index (κ3) is 3.97. The summed E-state index contributed by atoms with van der Waals surface area (Å²) in [6, 6.07) is 8.27. The molecule has 1 saturated heterocycles. The average molecular weight is 571 g/mol. The number of likely N-dealkylation sites (tertiary alicyclic amines) is 1. The van der Waals surface area contributed by atoms with E-state index in [9.17, 15) is 22.8 Å². The number of piperidine rings is 1. The molecule has 218 valence electrons. The lowest BCUT2D eigenvalue weighted by atomic mass is 9.48. The van der Waals surface area contributed by atoms with Gasteiger partial charge in [0.2, 0.25) is 5.91 Å². The number of nitrogens with zero attached hydrogens (tertiary/aromatic N) is 2. The van der Waals surface area contributed by atoms with Crippen molar-refractivity contribution in [3.05, 3.63) is 64.7 Å². The van der Waals surface area contributed by atoms with Crippen molar-refractivity contribution < 1.29 is 37.0 Å². The molecule has 4 aliphatic rings. The quantitative estimate of drug-likeness (QED) is 0.387. The molecule has 1 amide bonds. The predicted octanol–water partition coefficient (Wildman–Crippen LogP) is 4.61. The van der Waals surface area contributed by atoms with Crippen LogP contribution in [-0.2, 0) is 32.3 Å². The second kappa shape index (κ2) is 9.51. The minimum absolute atomic E-state index is 0.0420. The molecule has 2 bridgehead atoms. The Kier molecular flexibility index (Phi) is 6.41. The molecule has 0 unspecified atom stereocenters. The van der Waals surface area contributed by atoms with E-state index >= 15 is 0 Å². The number of amides is 1. The van der Waals surface area contributed by atoms with Crippen LogP contribution in [0.15, 0.2) is 42.5 Å². The number of benzene rings is 2. The van der Waals surface area contributed by atoms with E-state index in [1.165, 1.54) is 31.2 Å². The molecule has 1 spiro atoms. The van der Waals surface area contributed by atoms with Crippen LogP contribution in [0.2, 0.25) is 0 Å². The zero-order valence-corrected chi connectivity index (χ0v) is 23.5. The van der Waals surface area contributed by atoms with Gasteiger partial charge in [0.25, 0.3) is 0 Å². The van der Waals surface area contributed by atoms with Crippen LogP contribution in [-0.4, -0.2) is 73.2 Å². The van der Waals surface area contributed by atoms with E-state index in [4.69, 9.17) is 14.2 Å². The van der Waals surface area contributed by atoms with Gasteiger partial charge in [-0.2, -0.15) is 13.2 Å². The van der Waals surface area contributed by atoms with Crippen LogP contribution < -0.4 is 9.47 Å². The number of ether oxygens (including phenoxy) is 3. The summed E-state index contributed by atoms with van der Waals surface area (Å²) < 4.78 is 57.7. The molecule has 0 aromatic heterocycles. The number of methoxy groups -OCH3 is 1. The fourth-order valence-corrected chi connectivity index (χ4v) is 7.94. The van der Waals surface area contributed by atoms with Crippen molar-refractivity contribution in [1.82, 2.24) is 9.80 Å². The van der Waals surface area contributed by atoms with Gasteiger partial charge in [-0.1, -0.05) is 18.2 Å². The normalized spacial score (nSPS) is 30.0. The van der Waals surface area contributed by atoms with Crippen LogP contribution in [0.1, 0.15) is 48.4 Å². The van der Waals surface area contributed by atoms with E-state index in [2.05, 4.69) is 18.0 Å². The molecule has 7 nitrogen and oxygen atoms in total. The molecule has 6 rings (SSSR count). The van der Waals surface area contributed by atoms with Crippen LogP contribution in [0.5, 0.6) is 11.5 Å². The number of carbonyl (C=O) groups is 2. The Hall–Kier alpha value is -3.53. The van der Waals surface area contributed by atoms with Crippen molar-refractivity contribution in [2.24, 2.45) is 0 Å². The first-order valence-electron chi connectivity index (χ1n) is 13.8. The molecule has 0 N–H and O–H groups in total. The number of carbonyl (C=O) groups excluding carboxylic acids is 2. The number of hydrogen-bond donors (Lipinski definition) is 0. The summed E-state index contributed by atoms with van der Waals surface area (Å²) in [5, 5.41) is 0. The van der Waals surface area contributed by atoms with Crippen molar-refractivity contribution >= 4 is 18.0 Å². The highest BCUT2D eigenvalue weighted by atomic mass is 19.4. The highest BCUT2D eigenvalue weighted by Gasteiger charge is 2.75. The second-order valence-electron chi connectivity index (χ2n) is 11.6. The predicted molar refractivity (Wildman–Crippen MR) is 145 cm³/mol. The first kappa shape index (κ1) is 27.6. The summed E-state index contributed by atoms with van der Waals surface area (Å²) in [5.74, 6) is 0.628. The lowest BCUT2D eigenvalue weighted by Gasteiger charge is -2.65. The van der Waals surface area contributed by atoms with Gasteiger partial charge < -0.3 is 19.1 Å². The third-order valence-electron chi connectivity index (χ3n) is 9.69. The number of likely N-dealkylation sites (N-methyl/N-ethyl adjacent to an activating group) is 2. The lowest BCUT2D eigenvalue weighted by Crippen LogP contribution is -2.78. The molecule has 10 heteroatoms. The molecule has 1 saturated carbocycles. The Morgan fingerprint density at radius 3 is 2.54 bits per heavy atom. The van der Waals surface area contributed by atoms with Gasteiger partial charge in [-0.3, -0.25) is 14.5 Å². The molecule has 2 aliphatic heterocycles. The van der Waals surface area contributed by atoms with Gasteiger partial charge in [0, 0.05) is 25.6 Å². The average Bonchev–Trinajstić information content (AvgIpc) is 3.28. The zero-order chi connectivity index (χ0) is 29.3. The largest absolute Gasteiger partial charge is 0.493 e. The van der Waals surface area contributed by atoms with Gasteiger partial charge in [0.1, 0.15) is 11.7 Å². The Morgan fingerprint density at radius 2 is 1.88 bits per heavy atom. The van der Waals surface area contributed by atoms with Crippen LogP contribution in [0.4, 0.5) is 13.2 Å². The van der Waals surface area contributed by atoms with Crippen LogP contribution in [0.25, 0.3) is 6.08 Å². The molecule has 0 radical (unpaired) electrons. The van der Waals surface area contributed by atoms with Crippen LogP contribution >= 0.6 is 0 Å². The highest BCUT2D eigenvalue weighted by molar-refractivity contribution is 5.92. The maximum Gasteiger partial charge on any atom is 0.416 e. The van der Waals surface area contributed by atoms with Gasteiger partial charge in [0.15, 0.2) is 11.5 Å². The number of halogens is 3. The summed E-state index contributed by atoms with van der Waals surface area (Å²) >= 11 is 0. The number of alkyl halides is 3. The maximum absolute atomic E-state index is 13.5. The molecule has 2 aliphatic carbocycles. The SMILES string of the molecule is COc1ccc2c3c1O[C@H]1[C@H](N(C)C(=O)C=Cc4ccc(C(F)(F)F)cc4)CC[C@@]4(OC(C)=O)[C@@H](C2)N(C)CC[C@]314. The molecule has 2 aromatic rings. The van der Waals surface area contributed by atoms with Crippen molar-refractivity contribution in [3.63, 3.8) is 0 Å². The third-order valence-corrected chi connectivity index (χ3v) is 9.69. The van der Waals surface area contributed by atoms with Crippen LogP contribution in [0, 0.1) is 0 Å². The molecule has 2 fully saturated rings. The summed E-state index contributed by atoms with van der Waals surface area (Å²) in [4.78, 5) is 30.0. The van der Waals surface area contributed by atoms with E-state index in [0.29, 0.717) is 42.7 Å². The van der Waals surface area contributed by atoms with E-state index in [-0.39, 0.29) is 24.0 Å². The monoisotopic (exact) mass is 570 g/mol. The van der Waals surface area contributed by atoms with Crippen molar-refractivity contribution in [3.8, 4) is 11.5 Å². The molecule has 5 atom stereocenters. The number of hydrogen-bond acceptors (Lipinski definition) is 6. The summed E-state index contributed by atoms with van der Waals surface area (Å²) in [5.41, 5.74) is 0.421. The van der Waals surface area contributed by atoms with Gasteiger partial charge in [-0.15, -0.1) is 0 Å². The molecular formula is C31H33F3N2O5.